The molecule has 0 aromatic carbocycles. The molecule has 0 aliphatic heterocycles. The first-order valence-electron chi connectivity index (χ1n) is 8.55. The van der Waals surface area contributed by atoms with Gasteiger partial charge in [0.05, 0.1) is 6.54 Å². The number of hydrogen-bond acceptors (Lipinski definition) is 4. The maximum Gasteiger partial charge on any atom is 0.242 e. The molecule has 1 aromatic rings. The van der Waals surface area contributed by atoms with Gasteiger partial charge in [-0.25, -0.2) is 0 Å². The Bertz CT molecular complexity index is 600. The molecule has 0 spiro atoms. The van der Waals surface area contributed by atoms with Crippen LogP contribution in [0.25, 0.3) is 0 Å². The van der Waals surface area contributed by atoms with Gasteiger partial charge in [0, 0.05) is 12.5 Å². The predicted octanol–water partition coefficient (Wildman–Crippen LogP) is 1.92. The Morgan fingerprint density at radius 3 is 2.50 bits per heavy atom. The van der Waals surface area contributed by atoms with Crippen LogP contribution in [0.5, 0.6) is 0 Å². The van der Waals surface area contributed by atoms with Crippen LogP contribution >= 0.6 is 0 Å². The monoisotopic (exact) mass is 336 g/mol. The SMILES string of the molecule is CC(=O)N[C@@H](C(=O)NC[C@](C)(O)c1cc(C)oc1C)C1CCCC1. The lowest BCUT2D eigenvalue weighted by Crippen LogP contribution is -2.52. The summed E-state index contributed by atoms with van der Waals surface area (Å²) in [5.74, 6) is 1.07. The van der Waals surface area contributed by atoms with Gasteiger partial charge in [-0.05, 0) is 45.6 Å². The Kier molecular flexibility index (Phi) is 5.70. The third-order valence-corrected chi connectivity index (χ3v) is 4.74. The Balaban J connectivity index is 2.03. The zero-order valence-corrected chi connectivity index (χ0v) is 14.9. The molecule has 6 nitrogen and oxygen atoms in total. The van der Waals surface area contributed by atoms with Crippen molar-refractivity contribution in [3.63, 3.8) is 0 Å². The number of aliphatic hydroxyl groups is 1. The molecule has 2 amide bonds. The van der Waals surface area contributed by atoms with Crippen LogP contribution in [0, 0.1) is 19.8 Å². The Hall–Kier alpha value is -1.82. The van der Waals surface area contributed by atoms with Crippen LogP contribution in [-0.4, -0.2) is 29.5 Å². The first kappa shape index (κ1) is 18.5. The van der Waals surface area contributed by atoms with Crippen LogP contribution in [0.15, 0.2) is 10.5 Å². The molecule has 2 atom stereocenters. The number of nitrogens with one attached hydrogen (secondary N) is 2. The van der Waals surface area contributed by atoms with Crippen LogP contribution in [0.3, 0.4) is 0 Å². The molecule has 3 N–H and O–H groups in total. The Labute approximate surface area is 143 Å². The summed E-state index contributed by atoms with van der Waals surface area (Å²) in [7, 11) is 0. The fourth-order valence-electron chi connectivity index (χ4n) is 3.54. The van der Waals surface area contributed by atoms with E-state index < -0.39 is 11.6 Å². The van der Waals surface area contributed by atoms with Crippen molar-refractivity contribution < 1.29 is 19.1 Å². The van der Waals surface area contributed by atoms with E-state index in [-0.39, 0.29) is 24.3 Å². The minimum atomic E-state index is -1.23. The van der Waals surface area contributed by atoms with E-state index in [0.29, 0.717) is 11.3 Å². The van der Waals surface area contributed by atoms with Crippen molar-refractivity contribution in [3.05, 3.63) is 23.2 Å². The molecule has 0 saturated heterocycles. The summed E-state index contributed by atoms with van der Waals surface area (Å²) < 4.78 is 5.46. The summed E-state index contributed by atoms with van der Waals surface area (Å²) >= 11 is 0. The van der Waals surface area contributed by atoms with E-state index >= 15 is 0 Å². The van der Waals surface area contributed by atoms with Crippen molar-refractivity contribution in [1.29, 1.82) is 0 Å². The van der Waals surface area contributed by atoms with Crippen LogP contribution in [-0.2, 0) is 15.2 Å². The summed E-state index contributed by atoms with van der Waals surface area (Å²) in [4.78, 5) is 24.0. The molecule has 0 radical (unpaired) electrons. The molecule has 6 heteroatoms. The summed E-state index contributed by atoms with van der Waals surface area (Å²) in [5.41, 5.74) is -0.564. The Morgan fingerprint density at radius 1 is 1.38 bits per heavy atom. The highest BCUT2D eigenvalue weighted by atomic mass is 16.3. The van der Waals surface area contributed by atoms with E-state index in [0.717, 1.165) is 31.4 Å². The average molecular weight is 336 g/mol. The fraction of sp³-hybridized carbons (Fsp3) is 0.667. The fourth-order valence-corrected chi connectivity index (χ4v) is 3.54. The molecule has 1 aromatic heterocycles. The van der Waals surface area contributed by atoms with Gasteiger partial charge < -0.3 is 20.2 Å². The van der Waals surface area contributed by atoms with E-state index in [1.165, 1.54) is 6.92 Å². The highest BCUT2D eigenvalue weighted by molar-refractivity contribution is 5.87. The zero-order valence-electron chi connectivity index (χ0n) is 14.9. The molecular weight excluding hydrogens is 308 g/mol. The Morgan fingerprint density at radius 2 is 2.00 bits per heavy atom. The third kappa shape index (κ3) is 4.38. The average Bonchev–Trinajstić information content (AvgIpc) is 3.12. The normalized spacial score (nSPS) is 18.9. The summed E-state index contributed by atoms with van der Waals surface area (Å²) in [6.07, 6.45) is 4.04. The van der Waals surface area contributed by atoms with E-state index in [1.807, 2.05) is 6.92 Å². The van der Waals surface area contributed by atoms with E-state index in [4.69, 9.17) is 4.42 Å². The standard InChI is InChI=1S/C18H28N2O4/c1-11-9-15(12(2)24-11)18(4,23)10-19-17(22)16(20-13(3)21)14-7-5-6-8-14/h9,14,16,23H,5-8,10H2,1-4H3,(H,19,22)(H,20,21)/t16-,18+/m1/s1. The molecule has 1 fully saturated rings. The number of carbonyl (C=O) groups is 2. The van der Waals surface area contributed by atoms with Crippen LogP contribution in [0.4, 0.5) is 0 Å². The molecule has 0 bridgehead atoms. The van der Waals surface area contributed by atoms with Gasteiger partial charge in [-0.15, -0.1) is 0 Å². The lowest BCUT2D eigenvalue weighted by atomic mass is 9.94. The maximum atomic E-state index is 12.6. The molecule has 1 aliphatic rings. The molecular formula is C18H28N2O4. The van der Waals surface area contributed by atoms with Crippen molar-refractivity contribution in [1.82, 2.24) is 10.6 Å². The molecule has 0 unspecified atom stereocenters. The van der Waals surface area contributed by atoms with Crippen molar-refractivity contribution in [2.24, 2.45) is 5.92 Å². The topological polar surface area (TPSA) is 91.6 Å². The second-order valence-corrected chi connectivity index (χ2v) is 7.04. The number of amides is 2. The molecule has 1 heterocycles. The van der Waals surface area contributed by atoms with E-state index in [9.17, 15) is 14.7 Å². The maximum absolute atomic E-state index is 12.6. The number of carbonyl (C=O) groups excluding carboxylic acids is 2. The van der Waals surface area contributed by atoms with E-state index in [1.54, 1.807) is 19.9 Å². The molecule has 24 heavy (non-hydrogen) atoms. The molecule has 1 aliphatic carbocycles. The van der Waals surface area contributed by atoms with E-state index in [2.05, 4.69) is 10.6 Å². The van der Waals surface area contributed by atoms with Gasteiger partial charge in [0.1, 0.15) is 23.2 Å². The lowest BCUT2D eigenvalue weighted by Gasteiger charge is -2.27. The molecule has 2 rings (SSSR count). The van der Waals surface area contributed by atoms with Gasteiger partial charge in [-0.2, -0.15) is 0 Å². The highest BCUT2D eigenvalue weighted by Gasteiger charge is 2.33. The van der Waals surface area contributed by atoms with Gasteiger partial charge in [-0.1, -0.05) is 12.8 Å². The van der Waals surface area contributed by atoms with Crippen molar-refractivity contribution in [3.8, 4) is 0 Å². The van der Waals surface area contributed by atoms with Crippen molar-refractivity contribution in [2.75, 3.05) is 6.54 Å². The van der Waals surface area contributed by atoms with Gasteiger partial charge in [0.15, 0.2) is 0 Å². The first-order valence-corrected chi connectivity index (χ1v) is 8.55. The largest absolute Gasteiger partial charge is 0.466 e. The molecule has 134 valence electrons. The minimum absolute atomic E-state index is 0.0639. The number of rotatable bonds is 6. The second-order valence-electron chi connectivity index (χ2n) is 7.04. The summed E-state index contributed by atoms with van der Waals surface area (Å²) in [6, 6.07) is 1.25. The summed E-state index contributed by atoms with van der Waals surface area (Å²) in [5, 5.41) is 16.3. The smallest absolute Gasteiger partial charge is 0.242 e. The summed E-state index contributed by atoms with van der Waals surface area (Å²) in [6.45, 7) is 6.74. The van der Waals surface area contributed by atoms with Gasteiger partial charge in [0.25, 0.3) is 0 Å². The molecule has 1 saturated carbocycles. The second kappa shape index (κ2) is 7.38. The highest BCUT2D eigenvalue weighted by Crippen LogP contribution is 2.29. The minimum Gasteiger partial charge on any atom is -0.466 e. The van der Waals surface area contributed by atoms with Crippen LogP contribution in [0.2, 0.25) is 0 Å². The first-order chi connectivity index (χ1) is 11.2. The quantitative estimate of drug-likeness (QED) is 0.740. The van der Waals surface area contributed by atoms with Crippen LogP contribution < -0.4 is 10.6 Å². The lowest BCUT2D eigenvalue weighted by molar-refractivity contribution is -0.130. The van der Waals surface area contributed by atoms with Crippen molar-refractivity contribution >= 4 is 11.8 Å². The van der Waals surface area contributed by atoms with Crippen molar-refractivity contribution in [2.45, 2.75) is 65.0 Å². The van der Waals surface area contributed by atoms with Gasteiger partial charge in [0.2, 0.25) is 11.8 Å². The van der Waals surface area contributed by atoms with Gasteiger partial charge >= 0.3 is 0 Å². The zero-order chi connectivity index (χ0) is 17.9. The number of furan rings is 1. The third-order valence-electron chi connectivity index (χ3n) is 4.74. The number of hydrogen-bond donors (Lipinski definition) is 3. The van der Waals surface area contributed by atoms with Crippen LogP contribution in [0.1, 0.15) is 56.6 Å². The number of aryl methyl sites for hydroxylation is 2. The van der Waals surface area contributed by atoms with Gasteiger partial charge in [-0.3, -0.25) is 9.59 Å². The predicted molar refractivity (Wildman–Crippen MR) is 90.3 cm³/mol.